The molecule has 2 aromatic rings. The summed E-state index contributed by atoms with van der Waals surface area (Å²) < 4.78 is 0. The molecule has 7 N–H and O–H groups in total. The maximum Gasteiger partial charge on any atom is 0.248 e. The van der Waals surface area contributed by atoms with E-state index in [1.807, 2.05) is 55.4 Å². The highest BCUT2D eigenvalue weighted by Crippen LogP contribution is 2.26. The Morgan fingerprint density at radius 2 is 0.919 bits per heavy atom. The molecule has 99 heavy (non-hydrogen) atoms. The quantitative estimate of drug-likeness (QED) is 0.127. The van der Waals surface area contributed by atoms with Crippen LogP contribution in [-0.4, -0.2) is 261 Å². The molecule has 2 fully saturated rings. The molecule has 0 aliphatic carbocycles. The number of aliphatic hydroxyl groups is 2. The zero-order valence-electron chi connectivity index (χ0n) is 62.3. The van der Waals surface area contributed by atoms with E-state index < -0.39 is 157 Å². The van der Waals surface area contributed by atoms with Crippen LogP contribution in [0, 0.1) is 29.6 Å². The maximum absolute atomic E-state index is 15.4. The maximum atomic E-state index is 15.4. The smallest absolute Gasteiger partial charge is 0.248 e. The fourth-order valence-electron chi connectivity index (χ4n) is 12.9. The number of nitrogens with one attached hydrogen (secondary N) is 4. The third-order valence-corrected chi connectivity index (χ3v) is 19.1. The number of aromatic hydroxyl groups is 1. The number of phenolic OH excluding ortho intramolecular Hbond substituents is 1. The van der Waals surface area contributed by atoms with Gasteiger partial charge in [0.1, 0.15) is 60.3 Å². The van der Waals surface area contributed by atoms with Gasteiger partial charge in [0, 0.05) is 61.8 Å². The van der Waals surface area contributed by atoms with E-state index in [2.05, 4.69) is 21.3 Å². The fourth-order valence-corrected chi connectivity index (χ4v) is 12.9. The SMILES string of the molecule is CC[C@H]1C(=O)N[C@@H](Cc2ccc(O)cc2)C(O)N(C)[C@@H](CC(C)C)C(=O)N(C)[C@@H](CC(C)C)C(=O)N[C@@H](C(C)C)C(=O)N(C)[C@@H](Cc2ccccc2)C(=O)N(C)[C@@H](CC(C)C)C(=O)N[C@@H]([C@@H](C)O)C(=O)N(C)CC(=O)N(C)[C@@H](CC(C)C)C(=O)N[C@H](C(=O)N2CCCCC2)CC(=O)N1C. The van der Waals surface area contributed by atoms with E-state index in [-0.39, 0.29) is 74.4 Å². The highest BCUT2D eigenvalue weighted by Gasteiger charge is 2.44. The molecule has 2 aromatic carbocycles. The first kappa shape index (κ1) is 83.7. The summed E-state index contributed by atoms with van der Waals surface area (Å²) >= 11 is 0. The van der Waals surface area contributed by atoms with Gasteiger partial charge in [0.2, 0.25) is 65.0 Å². The second kappa shape index (κ2) is 38.8. The first-order chi connectivity index (χ1) is 46.3. The molecule has 0 aromatic heterocycles. The van der Waals surface area contributed by atoms with Crippen LogP contribution in [0.5, 0.6) is 5.75 Å². The van der Waals surface area contributed by atoms with Crippen LogP contribution >= 0.6 is 0 Å². The van der Waals surface area contributed by atoms with Crippen molar-refractivity contribution in [3.8, 4) is 5.75 Å². The summed E-state index contributed by atoms with van der Waals surface area (Å²) in [6, 6.07) is 1.99. The van der Waals surface area contributed by atoms with Gasteiger partial charge in [-0.2, -0.15) is 0 Å². The monoisotopic (exact) mass is 1390 g/mol. The van der Waals surface area contributed by atoms with Gasteiger partial charge < -0.3 is 70.9 Å². The topological polar surface area (TPSA) is 322 Å². The molecule has 0 spiro atoms. The number of likely N-dealkylation sites (tertiary alicyclic amines) is 1. The molecule has 0 saturated carbocycles. The number of hydrogen-bond donors (Lipinski definition) is 7. The van der Waals surface area contributed by atoms with Crippen molar-refractivity contribution < 1.29 is 68.1 Å². The Bertz CT molecular complexity index is 3030. The molecule has 0 bridgehead atoms. The van der Waals surface area contributed by atoms with Gasteiger partial charge in [0.05, 0.1) is 31.2 Å². The third-order valence-electron chi connectivity index (χ3n) is 19.1. The number of likely N-dealkylation sites (N-methyl/N-ethyl adjacent to an activating group) is 7. The number of piperidine rings is 1. The lowest BCUT2D eigenvalue weighted by Gasteiger charge is -2.40. The number of rotatable bonds is 16. The standard InChI is InChI=1S/C73H118N12O14/c1-20-54-64(90)74-52(39-50-29-31-51(87)32-30-50)68(94)83(18)58(38-46(8)9)70(96)81(16)56(36-44(4)5)66(92)76-62(47(10)11)73(99)84(19)59(40-49-27-23-21-24-28-49)71(97)82(17)57(37-45(6)7)67(93)77-63(48(12)86)72(98)78(13)42-61(89)80(15)55(35-43(2)3)65(91)75-53(41-60(88)79(54)14)69(95)85-33-25-22-26-34-85/h21,23-24,27-32,43-48,52-59,62-63,68,86-87,94H,20,22,25-26,33-42H2,1-19H3,(H,74,90)(H,75,91)(H,76,92)(H,77,93)/t48-,52+,53+,54+,55+,56+,57+,58+,59+,62+,63+,68?/m1/s1. The van der Waals surface area contributed by atoms with Crippen molar-refractivity contribution in [2.24, 2.45) is 29.6 Å². The Morgan fingerprint density at radius 3 is 1.40 bits per heavy atom. The van der Waals surface area contributed by atoms with Gasteiger partial charge in [-0.3, -0.25) is 57.6 Å². The molecule has 2 saturated heterocycles. The van der Waals surface area contributed by atoms with Crippen LogP contribution in [0.4, 0.5) is 0 Å². The van der Waals surface area contributed by atoms with Gasteiger partial charge >= 0.3 is 0 Å². The van der Waals surface area contributed by atoms with E-state index in [1.165, 1.54) is 92.9 Å². The van der Waals surface area contributed by atoms with Crippen LogP contribution in [0.1, 0.15) is 152 Å². The van der Waals surface area contributed by atoms with Crippen LogP contribution in [0.2, 0.25) is 0 Å². The summed E-state index contributed by atoms with van der Waals surface area (Å²) in [4.78, 5) is 174. The fraction of sp³-hybridized carbons (Fsp3) is 0.685. The molecule has 1 unspecified atom stereocenters. The van der Waals surface area contributed by atoms with Crippen LogP contribution in [0.3, 0.4) is 0 Å². The van der Waals surface area contributed by atoms with Crippen molar-refractivity contribution in [2.75, 3.05) is 69.0 Å². The van der Waals surface area contributed by atoms with Crippen LogP contribution < -0.4 is 21.3 Å². The molecular formula is C73H118N12O14. The predicted molar refractivity (Wildman–Crippen MR) is 377 cm³/mol. The van der Waals surface area contributed by atoms with E-state index in [4.69, 9.17) is 0 Å². The number of hydrogen-bond acceptors (Lipinski definition) is 15. The zero-order valence-corrected chi connectivity index (χ0v) is 62.3. The molecule has 26 nitrogen and oxygen atoms in total. The number of carbonyl (C=O) groups excluding carboxylic acids is 11. The van der Waals surface area contributed by atoms with E-state index in [9.17, 15) is 48.9 Å². The van der Waals surface area contributed by atoms with Crippen molar-refractivity contribution in [2.45, 2.75) is 226 Å². The van der Waals surface area contributed by atoms with Crippen molar-refractivity contribution in [1.29, 1.82) is 0 Å². The van der Waals surface area contributed by atoms with Gasteiger partial charge in [-0.05, 0) is 125 Å². The molecular weight excluding hydrogens is 1270 g/mol. The normalized spacial score (nSPS) is 26.2. The Kier molecular flexibility index (Phi) is 32.8. The van der Waals surface area contributed by atoms with Crippen LogP contribution in [-0.2, 0) is 65.6 Å². The average molecular weight is 1390 g/mol. The Morgan fingerprint density at radius 1 is 0.485 bits per heavy atom. The lowest BCUT2D eigenvalue weighted by molar-refractivity contribution is -0.152. The molecule has 554 valence electrons. The van der Waals surface area contributed by atoms with Gasteiger partial charge in [-0.25, -0.2) is 0 Å². The molecule has 12 atom stereocenters. The Balaban J connectivity index is 1.98. The number of carbonyl (C=O) groups is 11. The van der Waals surface area contributed by atoms with E-state index >= 15 is 19.2 Å². The van der Waals surface area contributed by atoms with Gasteiger partial charge in [-0.15, -0.1) is 0 Å². The van der Waals surface area contributed by atoms with Crippen molar-refractivity contribution >= 4 is 65.0 Å². The third kappa shape index (κ3) is 23.7. The molecule has 26 heteroatoms. The minimum Gasteiger partial charge on any atom is -0.508 e. The molecule has 2 aliphatic rings. The van der Waals surface area contributed by atoms with Gasteiger partial charge in [0.15, 0.2) is 0 Å². The number of benzene rings is 2. The summed E-state index contributed by atoms with van der Waals surface area (Å²) in [5, 5.41) is 45.6. The number of amides is 11. The summed E-state index contributed by atoms with van der Waals surface area (Å²) in [5.41, 5.74) is 1.23. The minimum atomic E-state index is -1.67. The predicted octanol–water partition coefficient (Wildman–Crippen LogP) is 3.38. The van der Waals surface area contributed by atoms with Crippen molar-refractivity contribution in [3.63, 3.8) is 0 Å². The van der Waals surface area contributed by atoms with E-state index in [0.717, 1.165) is 16.2 Å². The molecule has 0 radical (unpaired) electrons. The molecule has 2 aliphatic heterocycles. The highest BCUT2D eigenvalue weighted by molar-refractivity contribution is 5.99. The minimum absolute atomic E-state index is 0.0359. The zero-order chi connectivity index (χ0) is 74.6. The largest absolute Gasteiger partial charge is 0.508 e. The molecule has 11 amide bonds. The van der Waals surface area contributed by atoms with Crippen LogP contribution in [0.25, 0.3) is 0 Å². The van der Waals surface area contributed by atoms with E-state index in [1.54, 1.807) is 68.1 Å². The summed E-state index contributed by atoms with van der Waals surface area (Å²) in [6.07, 6.45) is -1.25. The van der Waals surface area contributed by atoms with Crippen LogP contribution in [0.15, 0.2) is 54.6 Å². The highest BCUT2D eigenvalue weighted by atomic mass is 16.3. The number of aliphatic hydroxyl groups excluding tert-OH is 2. The lowest BCUT2D eigenvalue weighted by Crippen LogP contribution is -2.63. The Hall–Kier alpha value is -7.71. The first-order valence-corrected chi connectivity index (χ1v) is 35.3. The Labute approximate surface area is 587 Å². The second-order valence-corrected chi connectivity index (χ2v) is 29.4. The van der Waals surface area contributed by atoms with E-state index in [0.29, 0.717) is 37.1 Å². The average Bonchev–Trinajstić information content (AvgIpc) is 0.820. The summed E-state index contributed by atoms with van der Waals surface area (Å²) in [5.74, 6) is -9.21. The van der Waals surface area contributed by atoms with Gasteiger partial charge in [-0.1, -0.05) is 119 Å². The lowest BCUT2D eigenvalue weighted by atomic mass is 9.95. The molecule has 4 rings (SSSR count). The number of nitrogens with zero attached hydrogens (tertiary/aromatic N) is 8. The second-order valence-electron chi connectivity index (χ2n) is 29.4. The van der Waals surface area contributed by atoms with Crippen molar-refractivity contribution in [1.82, 2.24) is 60.5 Å². The summed E-state index contributed by atoms with van der Waals surface area (Å²) in [7, 11) is 9.92. The molecule has 2 heterocycles. The number of phenols is 1. The summed E-state index contributed by atoms with van der Waals surface area (Å²) in [6.45, 7) is 21.3. The van der Waals surface area contributed by atoms with Gasteiger partial charge in [0.25, 0.3) is 0 Å². The first-order valence-electron chi connectivity index (χ1n) is 35.3. The van der Waals surface area contributed by atoms with Crippen molar-refractivity contribution in [3.05, 3.63) is 65.7 Å².